The van der Waals surface area contributed by atoms with E-state index >= 15 is 0 Å². The van der Waals surface area contributed by atoms with E-state index in [0.717, 1.165) is 4.47 Å². The van der Waals surface area contributed by atoms with Gasteiger partial charge in [-0.25, -0.2) is 0 Å². The highest BCUT2D eigenvalue weighted by Gasteiger charge is 2.25. The summed E-state index contributed by atoms with van der Waals surface area (Å²) in [6, 6.07) is 133. The summed E-state index contributed by atoms with van der Waals surface area (Å²) in [6.45, 7) is 0. The topological polar surface area (TPSA) is 30.6 Å². The molecule has 0 amide bonds. The third kappa shape index (κ3) is 9.65. The Morgan fingerprint density at radius 2 is 0.598 bits per heavy atom. The Hall–Kier alpha value is -12.9. The minimum Gasteiger partial charge on any atom is -0.353 e. The number of aromatic nitrogens is 4. The van der Waals surface area contributed by atoms with E-state index in [-0.39, 0.29) is 0 Å². The van der Waals surface area contributed by atoms with Crippen LogP contribution in [0.25, 0.3) is 210 Å². The Balaban J connectivity index is 0.000000123. The van der Waals surface area contributed by atoms with Gasteiger partial charge in [-0.1, -0.05) is 283 Å². The van der Waals surface area contributed by atoms with E-state index in [0.29, 0.717) is 0 Å². The van der Waals surface area contributed by atoms with Crippen LogP contribution in [0.3, 0.4) is 0 Å². The molecule has 1 N–H and O–H groups in total. The monoisotopic (exact) mass is 1460 g/mol. The van der Waals surface area contributed by atoms with Gasteiger partial charge in [0.15, 0.2) is 0 Å². The summed E-state index contributed by atoms with van der Waals surface area (Å²) in [6.07, 6.45) is 0. The lowest BCUT2D eigenvalue weighted by molar-refractivity contribution is 1.18. The molecule has 500 valence electrons. The molecule has 4 nitrogen and oxygen atoms in total. The molecule has 0 unspecified atom stereocenters. The fourth-order valence-corrected chi connectivity index (χ4v) is 20.2. The summed E-state index contributed by atoms with van der Waals surface area (Å²) in [7, 11) is 0. The maximum absolute atomic E-state index is 3.93. The lowest BCUT2D eigenvalue weighted by Crippen LogP contribution is -1.94. The van der Waals surface area contributed by atoms with Crippen molar-refractivity contribution in [2.45, 2.75) is 0 Å². The molecule has 6 aromatic heterocycles. The highest BCUT2D eigenvalue weighted by Crippen LogP contribution is 2.52. The van der Waals surface area contributed by atoms with Crippen molar-refractivity contribution in [3.8, 4) is 39.3 Å². The van der Waals surface area contributed by atoms with E-state index in [1.54, 1.807) is 0 Å². The zero-order valence-electron chi connectivity index (χ0n) is 57.7. The second kappa shape index (κ2) is 24.6. The van der Waals surface area contributed by atoms with Crippen LogP contribution in [-0.2, 0) is 0 Å². The van der Waals surface area contributed by atoms with Gasteiger partial charge < -0.3 is 18.7 Å². The number of aromatic amines is 1. The third-order valence-electron chi connectivity index (χ3n) is 22.1. The minimum absolute atomic E-state index is 1.13. The molecule has 6 heterocycles. The van der Waals surface area contributed by atoms with Crippen LogP contribution in [-0.4, -0.2) is 18.7 Å². The second-order valence-corrected chi connectivity index (χ2v) is 30.9. The van der Waals surface area contributed by atoms with Crippen molar-refractivity contribution in [2.24, 2.45) is 0 Å². The first-order chi connectivity index (χ1) is 53.0. The summed E-state index contributed by atoms with van der Waals surface area (Å²) < 4.78 is 13.7. The largest absolute Gasteiger partial charge is 0.353 e. The standard InChI is InChI=1S/C50H30N2S.C44H26N2S.C6H5Br/c1-3-14-34(15-4-1)51-43-22-12-11-19-37(43)38-26-24-33(30-44(38)51)32-25-28-45-42(29-32)47-40-21-10-9-20-39(40)46-41-27-23-31-13-7-8-18-36(31)48(41)52(49(46)50(47)53-45)35-16-5-2-6-17-35;1-2-11-29(12-3-1)46-37-17-9-8-14-31(37)32-21-19-28(25-38(32)46)27-20-23-39-36(24-27)41-34-16-7-6-15-33(34)40-35-22-18-26-10-4-5-13-30(26)42(35)45-43(40)44(41)47-39;7-6-4-2-1-3-5-6/h1-30H;1-25,45H;1-5H. The molecule has 0 saturated heterocycles. The Labute approximate surface area is 630 Å². The van der Waals surface area contributed by atoms with E-state index in [1.165, 1.54) is 210 Å². The molecule has 0 spiro atoms. The number of H-pyrrole nitrogens is 1. The number of benzene rings is 18. The van der Waals surface area contributed by atoms with Gasteiger partial charge in [0.1, 0.15) is 0 Å². The predicted molar refractivity (Wildman–Crippen MR) is 466 cm³/mol. The lowest BCUT2D eigenvalue weighted by Gasteiger charge is -2.11. The average molecular weight is 1460 g/mol. The average Bonchev–Trinajstić information content (AvgIpc) is 1.54. The van der Waals surface area contributed by atoms with E-state index in [4.69, 9.17) is 0 Å². The van der Waals surface area contributed by atoms with Gasteiger partial charge >= 0.3 is 0 Å². The van der Waals surface area contributed by atoms with Crippen LogP contribution in [0.2, 0.25) is 0 Å². The number of para-hydroxylation sites is 5. The molecule has 0 radical (unpaired) electrons. The van der Waals surface area contributed by atoms with Crippen molar-refractivity contribution in [3.63, 3.8) is 0 Å². The van der Waals surface area contributed by atoms with Gasteiger partial charge in [-0.05, 0) is 152 Å². The molecule has 0 bridgehead atoms. The van der Waals surface area contributed by atoms with Gasteiger partial charge in [-0.2, -0.15) is 0 Å². The molecule has 0 aliphatic carbocycles. The van der Waals surface area contributed by atoms with Crippen molar-refractivity contribution in [2.75, 3.05) is 0 Å². The number of nitrogens with one attached hydrogen (secondary N) is 1. The van der Waals surface area contributed by atoms with E-state index in [2.05, 4.69) is 368 Å². The number of hydrogen-bond acceptors (Lipinski definition) is 2. The molecule has 24 aromatic rings. The quantitative estimate of drug-likeness (QED) is 0.178. The second-order valence-electron chi connectivity index (χ2n) is 27.9. The molecule has 107 heavy (non-hydrogen) atoms. The van der Waals surface area contributed by atoms with E-state index in [1.807, 2.05) is 53.0 Å². The molecule has 24 rings (SSSR count). The summed E-state index contributed by atoms with van der Waals surface area (Å²) in [5.41, 5.74) is 18.3. The van der Waals surface area contributed by atoms with E-state index < -0.39 is 0 Å². The number of fused-ring (bicyclic) bond motifs is 30. The summed E-state index contributed by atoms with van der Waals surface area (Å²) in [5.74, 6) is 0. The molecule has 7 heteroatoms. The van der Waals surface area contributed by atoms with Crippen LogP contribution < -0.4 is 0 Å². The van der Waals surface area contributed by atoms with Crippen molar-refractivity contribution in [1.29, 1.82) is 0 Å². The van der Waals surface area contributed by atoms with Crippen LogP contribution >= 0.6 is 38.6 Å². The Kier molecular flexibility index (Phi) is 14.2. The first-order valence-corrected chi connectivity index (χ1v) is 38.8. The van der Waals surface area contributed by atoms with Gasteiger partial charge in [0.25, 0.3) is 0 Å². The third-order valence-corrected chi connectivity index (χ3v) is 25.0. The van der Waals surface area contributed by atoms with Crippen molar-refractivity contribution < 1.29 is 0 Å². The molecule has 0 aliphatic rings. The molecule has 0 saturated carbocycles. The molecular weight excluding hydrogens is 1400 g/mol. The maximum Gasteiger partial charge on any atom is 0.0726 e. The summed E-state index contributed by atoms with van der Waals surface area (Å²) >= 11 is 7.13. The van der Waals surface area contributed by atoms with Gasteiger partial charge in [-0.3, -0.25) is 0 Å². The number of nitrogens with zero attached hydrogens (tertiary/aromatic N) is 3. The van der Waals surface area contributed by atoms with Crippen LogP contribution in [0.4, 0.5) is 0 Å². The van der Waals surface area contributed by atoms with Crippen LogP contribution in [0.15, 0.2) is 368 Å². The highest BCUT2D eigenvalue weighted by atomic mass is 79.9. The number of thiophene rings is 2. The zero-order valence-corrected chi connectivity index (χ0v) is 60.9. The van der Waals surface area contributed by atoms with Gasteiger partial charge in [0.2, 0.25) is 0 Å². The lowest BCUT2D eigenvalue weighted by atomic mass is 9.96. The number of halogens is 1. The van der Waals surface area contributed by atoms with Crippen molar-refractivity contribution in [3.05, 3.63) is 368 Å². The molecule has 0 aliphatic heterocycles. The molecule has 0 fully saturated rings. The fraction of sp³-hybridized carbons (Fsp3) is 0. The predicted octanol–water partition coefficient (Wildman–Crippen LogP) is 29.4. The Morgan fingerprint density at radius 3 is 1.12 bits per heavy atom. The molecule has 0 atom stereocenters. The first-order valence-electron chi connectivity index (χ1n) is 36.4. The minimum atomic E-state index is 1.13. The number of rotatable bonds is 5. The van der Waals surface area contributed by atoms with Crippen molar-refractivity contribution >= 4 is 209 Å². The summed E-state index contributed by atoms with van der Waals surface area (Å²) in [5, 5.41) is 25.9. The summed E-state index contributed by atoms with van der Waals surface area (Å²) in [4.78, 5) is 3.93. The van der Waals surface area contributed by atoms with Crippen LogP contribution in [0, 0.1) is 0 Å². The molecule has 18 aromatic carbocycles. The number of hydrogen-bond donors (Lipinski definition) is 1. The van der Waals surface area contributed by atoms with Gasteiger partial charge in [0, 0.05) is 106 Å². The smallest absolute Gasteiger partial charge is 0.0726 e. The normalized spacial score (nSPS) is 12.0. The Morgan fingerprint density at radius 1 is 0.224 bits per heavy atom. The fourth-order valence-electron chi connectivity index (χ4n) is 17.5. The first kappa shape index (κ1) is 61.6. The SMILES string of the molecule is Brc1ccccc1.c1ccc(-n2c3ccccc3c3ccc(-c4ccc5sc6c(c5c4)c4ccccc4c4c5ccc7ccccc7c5n(-c5ccccc5)c64)cc32)cc1.c1ccc(-n2c3ccccc3c3ccc(-c4ccc5sc6c7[nH]c8c9ccccc9ccc8c7c7ccccc7c6c5c4)cc32)cc1. The van der Waals surface area contributed by atoms with Crippen LogP contribution in [0.1, 0.15) is 0 Å². The van der Waals surface area contributed by atoms with Crippen molar-refractivity contribution in [1.82, 2.24) is 18.7 Å². The highest BCUT2D eigenvalue weighted by molar-refractivity contribution is 9.10. The van der Waals surface area contributed by atoms with E-state index in [9.17, 15) is 0 Å². The maximum atomic E-state index is 3.93. The zero-order chi connectivity index (χ0) is 70.4. The van der Waals surface area contributed by atoms with Crippen LogP contribution in [0.5, 0.6) is 0 Å². The molecular formula is C100H61BrN4S2. The van der Waals surface area contributed by atoms with Gasteiger partial charge in [-0.15, -0.1) is 22.7 Å². The van der Waals surface area contributed by atoms with Gasteiger partial charge in [0.05, 0.1) is 53.5 Å². The Bertz CT molecular complexity index is 7750.